The molecule has 0 saturated carbocycles. The largest absolute Gasteiger partial charge is 0.465 e. The summed E-state index contributed by atoms with van der Waals surface area (Å²) in [6, 6.07) is 0.435. The Morgan fingerprint density at radius 1 is 1.47 bits per heavy atom. The molecule has 5 nitrogen and oxygen atoms in total. The Morgan fingerprint density at radius 2 is 2.16 bits per heavy atom. The van der Waals surface area contributed by atoms with Gasteiger partial charge in [0.1, 0.15) is 6.04 Å². The van der Waals surface area contributed by atoms with Crippen LogP contribution in [0.25, 0.3) is 0 Å². The van der Waals surface area contributed by atoms with Gasteiger partial charge in [0.25, 0.3) is 0 Å². The summed E-state index contributed by atoms with van der Waals surface area (Å²) in [5.41, 5.74) is 0. The van der Waals surface area contributed by atoms with Crippen LogP contribution in [0.3, 0.4) is 0 Å². The van der Waals surface area contributed by atoms with Crippen LogP contribution < -0.4 is 5.32 Å². The first-order valence-electron chi connectivity index (χ1n) is 7.22. The molecule has 0 bridgehead atoms. The van der Waals surface area contributed by atoms with Gasteiger partial charge in [0.2, 0.25) is 0 Å². The molecule has 0 aromatic heterocycles. The quantitative estimate of drug-likeness (QED) is 0.680. The average molecular weight is 271 g/mol. The SMILES string of the molecule is CCOC(=O)C(CCN1CC(C)C(N(C)C)C1)NC. The fourth-order valence-electron chi connectivity index (χ4n) is 2.84. The summed E-state index contributed by atoms with van der Waals surface area (Å²) in [5, 5.41) is 3.04. The first-order chi connectivity index (χ1) is 8.99. The number of nitrogens with zero attached hydrogens (tertiary/aromatic N) is 2. The van der Waals surface area contributed by atoms with Crippen LogP contribution in [0.2, 0.25) is 0 Å². The summed E-state index contributed by atoms with van der Waals surface area (Å²) in [6.45, 7) is 7.73. The summed E-state index contributed by atoms with van der Waals surface area (Å²) < 4.78 is 5.06. The summed E-state index contributed by atoms with van der Waals surface area (Å²) in [5.74, 6) is 0.548. The number of likely N-dealkylation sites (tertiary alicyclic amines) is 1. The van der Waals surface area contributed by atoms with Gasteiger partial charge in [0, 0.05) is 25.7 Å². The van der Waals surface area contributed by atoms with Gasteiger partial charge in [-0.3, -0.25) is 4.79 Å². The maximum atomic E-state index is 11.7. The molecule has 1 fully saturated rings. The number of carbonyl (C=O) groups is 1. The van der Waals surface area contributed by atoms with E-state index in [-0.39, 0.29) is 12.0 Å². The molecule has 0 aliphatic carbocycles. The van der Waals surface area contributed by atoms with Crippen molar-refractivity contribution in [2.24, 2.45) is 5.92 Å². The van der Waals surface area contributed by atoms with E-state index in [1.54, 1.807) is 0 Å². The zero-order valence-corrected chi connectivity index (χ0v) is 13.0. The van der Waals surface area contributed by atoms with Gasteiger partial charge in [0.15, 0.2) is 0 Å². The fourth-order valence-corrected chi connectivity index (χ4v) is 2.84. The normalized spacial score (nSPS) is 25.8. The van der Waals surface area contributed by atoms with E-state index >= 15 is 0 Å². The predicted octanol–water partition coefficient (Wildman–Crippen LogP) is 0.410. The molecule has 1 saturated heterocycles. The lowest BCUT2D eigenvalue weighted by atomic mass is 10.1. The Kier molecular flexibility index (Phi) is 6.75. The van der Waals surface area contributed by atoms with Gasteiger partial charge in [0.05, 0.1) is 6.61 Å². The summed E-state index contributed by atoms with van der Waals surface area (Å²) in [7, 11) is 6.09. The van der Waals surface area contributed by atoms with E-state index in [1.807, 2.05) is 14.0 Å². The minimum absolute atomic E-state index is 0.138. The van der Waals surface area contributed by atoms with Crippen LogP contribution >= 0.6 is 0 Å². The standard InChI is InChI=1S/C14H29N3O2/c1-6-19-14(18)12(15-3)7-8-17-9-11(2)13(10-17)16(4)5/h11-13,15H,6-10H2,1-5H3. The lowest BCUT2D eigenvalue weighted by Gasteiger charge is -2.23. The molecule has 0 radical (unpaired) electrons. The number of hydrogen-bond acceptors (Lipinski definition) is 5. The zero-order valence-electron chi connectivity index (χ0n) is 13.0. The number of ether oxygens (including phenoxy) is 1. The van der Waals surface area contributed by atoms with Crippen molar-refractivity contribution in [1.29, 1.82) is 0 Å². The van der Waals surface area contributed by atoms with E-state index in [9.17, 15) is 4.79 Å². The van der Waals surface area contributed by atoms with Crippen LogP contribution in [0.5, 0.6) is 0 Å². The van der Waals surface area contributed by atoms with Crippen molar-refractivity contribution >= 4 is 5.97 Å². The third-order valence-corrected chi connectivity index (χ3v) is 3.97. The molecule has 0 spiro atoms. The van der Waals surface area contributed by atoms with Crippen LogP contribution in [0, 0.1) is 5.92 Å². The van der Waals surface area contributed by atoms with Crippen LogP contribution in [-0.4, -0.2) is 75.2 Å². The molecule has 0 amide bonds. The first-order valence-corrected chi connectivity index (χ1v) is 7.22. The van der Waals surface area contributed by atoms with Gasteiger partial charge in [-0.15, -0.1) is 0 Å². The second-order valence-corrected chi connectivity index (χ2v) is 5.65. The molecule has 1 N–H and O–H groups in total. The molecule has 1 rings (SSSR count). The van der Waals surface area contributed by atoms with E-state index in [1.165, 1.54) is 0 Å². The number of hydrogen-bond donors (Lipinski definition) is 1. The van der Waals surface area contributed by atoms with E-state index in [0.29, 0.717) is 18.6 Å². The summed E-state index contributed by atoms with van der Waals surface area (Å²) in [6.07, 6.45) is 0.808. The predicted molar refractivity (Wildman–Crippen MR) is 77.2 cm³/mol. The van der Waals surface area contributed by atoms with Crippen LogP contribution in [0.4, 0.5) is 0 Å². The Balaban J connectivity index is 2.38. The van der Waals surface area contributed by atoms with Crippen molar-refractivity contribution in [1.82, 2.24) is 15.1 Å². The zero-order chi connectivity index (χ0) is 14.4. The smallest absolute Gasteiger partial charge is 0.323 e. The van der Waals surface area contributed by atoms with E-state index in [4.69, 9.17) is 4.74 Å². The molecule has 0 aromatic carbocycles. The van der Waals surface area contributed by atoms with Gasteiger partial charge in [-0.25, -0.2) is 0 Å². The Hall–Kier alpha value is -0.650. The maximum absolute atomic E-state index is 11.7. The molecular formula is C14H29N3O2. The highest BCUT2D eigenvalue weighted by atomic mass is 16.5. The highest BCUT2D eigenvalue weighted by Gasteiger charge is 2.31. The topological polar surface area (TPSA) is 44.8 Å². The highest BCUT2D eigenvalue weighted by Crippen LogP contribution is 2.20. The minimum atomic E-state index is -0.186. The lowest BCUT2D eigenvalue weighted by Crippen LogP contribution is -2.39. The van der Waals surface area contributed by atoms with Crippen LogP contribution in [0.15, 0.2) is 0 Å². The van der Waals surface area contributed by atoms with Crippen molar-refractivity contribution in [3.8, 4) is 0 Å². The molecule has 5 heteroatoms. The van der Waals surface area contributed by atoms with Crippen molar-refractivity contribution in [2.75, 3.05) is 47.4 Å². The first kappa shape index (κ1) is 16.4. The van der Waals surface area contributed by atoms with E-state index in [0.717, 1.165) is 26.1 Å². The molecule has 1 aliphatic rings. The number of likely N-dealkylation sites (N-methyl/N-ethyl adjacent to an activating group) is 2. The van der Waals surface area contributed by atoms with Crippen LogP contribution in [0.1, 0.15) is 20.3 Å². The molecule has 1 heterocycles. The van der Waals surface area contributed by atoms with Gasteiger partial charge in [-0.05, 0) is 40.4 Å². The molecule has 112 valence electrons. The Bertz CT molecular complexity index is 284. The van der Waals surface area contributed by atoms with Crippen molar-refractivity contribution in [2.45, 2.75) is 32.4 Å². The Morgan fingerprint density at radius 3 is 2.63 bits per heavy atom. The number of rotatable bonds is 7. The monoisotopic (exact) mass is 271 g/mol. The average Bonchev–Trinajstić information content (AvgIpc) is 2.72. The van der Waals surface area contributed by atoms with Crippen molar-refractivity contribution < 1.29 is 9.53 Å². The maximum Gasteiger partial charge on any atom is 0.323 e. The second kappa shape index (κ2) is 7.82. The summed E-state index contributed by atoms with van der Waals surface area (Å²) in [4.78, 5) is 16.4. The van der Waals surface area contributed by atoms with Crippen LogP contribution in [-0.2, 0) is 9.53 Å². The van der Waals surface area contributed by atoms with Gasteiger partial charge < -0.3 is 19.9 Å². The molecular weight excluding hydrogens is 242 g/mol. The van der Waals surface area contributed by atoms with Gasteiger partial charge >= 0.3 is 5.97 Å². The lowest BCUT2D eigenvalue weighted by molar-refractivity contribution is -0.145. The number of carbonyl (C=O) groups excluding carboxylic acids is 1. The van der Waals surface area contributed by atoms with E-state index < -0.39 is 0 Å². The van der Waals surface area contributed by atoms with Gasteiger partial charge in [-0.2, -0.15) is 0 Å². The van der Waals surface area contributed by atoms with Crippen molar-refractivity contribution in [3.63, 3.8) is 0 Å². The minimum Gasteiger partial charge on any atom is -0.465 e. The summed E-state index contributed by atoms with van der Waals surface area (Å²) >= 11 is 0. The van der Waals surface area contributed by atoms with Crippen molar-refractivity contribution in [3.05, 3.63) is 0 Å². The fraction of sp³-hybridized carbons (Fsp3) is 0.929. The third kappa shape index (κ3) is 4.75. The third-order valence-electron chi connectivity index (χ3n) is 3.97. The van der Waals surface area contributed by atoms with E-state index in [2.05, 4.69) is 36.1 Å². The highest BCUT2D eigenvalue weighted by molar-refractivity contribution is 5.75. The molecule has 19 heavy (non-hydrogen) atoms. The number of esters is 1. The van der Waals surface area contributed by atoms with Gasteiger partial charge in [-0.1, -0.05) is 6.92 Å². The Labute approximate surface area is 117 Å². The molecule has 0 aromatic rings. The molecule has 3 unspecified atom stereocenters. The molecule has 1 aliphatic heterocycles. The second-order valence-electron chi connectivity index (χ2n) is 5.65. The molecule has 3 atom stereocenters. The number of nitrogens with one attached hydrogen (secondary N) is 1.